The molecule has 30 heavy (non-hydrogen) atoms. The molecule has 0 aliphatic heterocycles. The number of ether oxygens (including phenoxy) is 2. The van der Waals surface area contributed by atoms with Gasteiger partial charge in [-0.3, -0.25) is 0 Å². The van der Waals surface area contributed by atoms with Crippen molar-refractivity contribution in [2.24, 2.45) is 10.2 Å². The fourth-order valence-electron chi connectivity index (χ4n) is 3.05. The van der Waals surface area contributed by atoms with Crippen LogP contribution in [-0.2, 0) is 0 Å². The van der Waals surface area contributed by atoms with Gasteiger partial charge in [0.1, 0.15) is 11.5 Å². The zero-order chi connectivity index (χ0) is 20.9. The number of carbonyl (C=O) groups is 1. The monoisotopic (exact) mass is 396 g/mol. The lowest BCUT2D eigenvalue weighted by atomic mass is 10.1. The number of hydrogen-bond donors (Lipinski definition) is 0. The van der Waals surface area contributed by atoms with Gasteiger partial charge in [0, 0.05) is 0 Å². The number of benzene rings is 4. The Labute approximate surface area is 174 Å². The Bertz CT molecular complexity index is 1230. The minimum atomic E-state index is -0.425. The van der Waals surface area contributed by atoms with E-state index < -0.39 is 5.97 Å². The highest BCUT2D eigenvalue weighted by Gasteiger charge is 2.11. The second-order valence-electron chi connectivity index (χ2n) is 6.80. The van der Waals surface area contributed by atoms with Crippen molar-refractivity contribution in [2.75, 3.05) is 7.11 Å². The summed E-state index contributed by atoms with van der Waals surface area (Å²) in [5.41, 5.74) is 2.72. The number of esters is 1. The SMILES string of the molecule is COc1ccc(C(=O)Oc2ccc(N=Nc3ccc4ccccc4c3)cc2C)cc1. The summed E-state index contributed by atoms with van der Waals surface area (Å²) in [6.07, 6.45) is 0. The molecule has 4 aromatic rings. The largest absolute Gasteiger partial charge is 0.497 e. The van der Waals surface area contributed by atoms with E-state index in [4.69, 9.17) is 9.47 Å². The molecule has 0 aromatic heterocycles. The van der Waals surface area contributed by atoms with Crippen LogP contribution in [0.4, 0.5) is 11.4 Å². The van der Waals surface area contributed by atoms with Gasteiger partial charge in [-0.2, -0.15) is 10.2 Å². The number of carbonyl (C=O) groups excluding carboxylic acids is 1. The minimum absolute atomic E-state index is 0.425. The van der Waals surface area contributed by atoms with Crippen molar-refractivity contribution in [3.05, 3.63) is 96.1 Å². The quantitative estimate of drug-likeness (QED) is 0.212. The lowest BCUT2D eigenvalue weighted by molar-refractivity contribution is 0.0733. The highest BCUT2D eigenvalue weighted by molar-refractivity contribution is 5.91. The molecule has 0 aliphatic rings. The summed E-state index contributed by atoms with van der Waals surface area (Å²) in [6.45, 7) is 1.87. The number of nitrogens with zero attached hydrogens (tertiary/aromatic N) is 2. The van der Waals surface area contributed by atoms with Crippen molar-refractivity contribution in [2.45, 2.75) is 6.92 Å². The van der Waals surface area contributed by atoms with Crippen LogP contribution >= 0.6 is 0 Å². The van der Waals surface area contributed by atoms with Crippen LogP contribution in [0.1, 0.15) is 15.9 Å². The van der Waals surface area contributed by atoms with Gasteiger partial charge in [-0.05, 0) is 77.9 Å². The first-order valence-corrected chi connectivity index (χ1v) is 9.50. The highest BCUT2D eigenvalue weighted by atomic mass is 16.5. The predicted molar refractivity (Wildman–Crippen MR) is 117 cm³/mol. The van der Waals surface area contributed by atoms with E-state index in [1.807, 2.05) is 49.4 Å². The number of azo groups is 1. The van der Waals surface area contributed by atoms with E-state index >= 15 is 0 Å². The van der Waals surface area contributed by atoms with E-state index in [1.54, 1.807) is 43.5 Å². The number of rotatable bonds is 5. The standard InChI is InChI=1S/C25H20N2O3/c1-17-15-21(26-27-22-10-7-18-5-3-4-6-20(18)16-22)11-14-24(17)30-25(28)19-8-12-23(29-2)13-9-19/h3-16H,1-2H3. The Balaban J connectivity index is 1.47. The van der Waals surface area contributed by atoms with Crippen molar-refractivity contribution in [1.29, 1.82) is 0 Å². The fraction of sp³-hybridized carbons (Fsp3) is 0.0800. The molecule has 0 amide bonds. The average molecular weight is 396 g/mol. The maximum atomic E-state index is 12.4. The summed E-state index contributed by atoms with van der Waals surface area (Å²) in [5, 5.41) is 10.9. The van der Waals surface area contributed by atoms with Gasteiger partial charge in [-0.25, -0.2) is 4.79 Å². The summed E-state index contributed by atoms with van der Waals surface area (Å²) >= 11 is 0. The van der Waals surface area contributed by atoms with E-state index in [0.717, 1.165) is 22.0 Å². The van der Waals surface area contributed by atoms with Crippen LogP contribution in [0, 0.1) is 6.92 Å². The molecule has 0 aliphatic carbocycles. The molecular formula is C25H20N2O3. The lowest BCUT2D eigenvalue weighted by Crippen LogP contribution is -2.09. The summed E-state index contributed by atoms with van der Waals surface area (Å²) in [7, 11) is 1.58. The van der Waals surface area contributed by atoms with E-state index in [2.05, 4.69) is 16.3 Å². The van der Waals surface area contributed by atoms with Crippen LogP contribution in [0.2, 0.25) is 0 Å². The van der Waals surface area contributed by atoms with Crippen LogP contribution in [0.25, 0.3) is 10.8 Å². The third-order valence-electron chi connectivity index (χ3n) is 4.70. The second kappa shape index (κ2) is 8.57. The van der Waals surface area contributed by atoms with Gasteiger partial charge in [0.05, 0.1) is 24.0 Å². The molecule has 5 nitrogen and oxygen atoms in total. The van der Waals surface area contributed by atoms with Gasteiger partial charge in [0.25, 0.3) is 0 Å². The number of methoxy groups -OCH3 is 1. The van der Waals surface area contributed by atoms with E-state index in [1.165, 1.54) is 0 Å². The summed E-state index contributed by atoms with van der Waals surface area (Å²) in [4.78, 5) is 12.4. The van der Waals surface area contributed by atoms with Crippen molar-refractivity contribution in [3.8, 4) is 11.5 Å². The second-order valence-corrected chi connectivity index (χ2v) is 6.80. The first-order chi connectivity index (χ1) is 14.6. The Morgan fingerprint density at radius 2 is 1.43 bits per heavy atom. The summed E-state index contributed by atoms with van der Waals surface area (Å²) in [5.74, 6) is 0.746. The van der Waals surface area contributed by atoms with E-state index in [0.29, 0.717) is 22.7 Å². The smallest absolute Gasteiger partial charge is 0.343 e. The zero-order valence-corrected chi connectivity index (χ0v) is 16.7. The maximum absolute atomic E-state index is 12.4. The van der Waals surface area contributed by atoms with Crippen molar-refractivity contribution < 1.29 is 14.3 Å². The zero-order valence-electron chi connectivity index (χ0n) is 16.7. The lowest BCUT2D eigenvalue weighted by Gasteiger charge is -2.08. The molecule has 0 spiro atoms. The Kier molecular flexibility index (Phi) is 5.52. The first-order valence-electron chi connectivity index (χ1n) is 9.50. The minimum Gasteiger partial charge on any atom is -0.497 e. The molecular weight excluding hydrogens is 376 g/mol. The Hall–Kier alpha value is -3.99. The van der Waals surface area contributed by atoms with Crippen LogP contribution in [-0.4, -0.2) is 13.1 Å². The molecule has 0 heterocycles. The van der Waals surface area contributed by atoms with Crippen molar-refractivity contribution in [3.63, 3.8) is 0 Å². The van der Waals surface area contributed by atoms with Crippen LogP contribution < -0.4 is 9.47 Å². The normalized spacial score (nSPS) is 11.0. The third kappa shape index (κ3) is 4.36. The molecule has 0 unspecified atom stereocenters. The molecule has 5 heteroatoms. The van der Waals surface area contributed by atoms with Gasteiger partial charge < -0.3 is 9.47 Å². The molecule has 4 aromatic carbocycles. The van der Waals surface area contributed by atoms with Gasteiger partial charge >= 0.3 is 5.97 Å². The van der Waals surface area contributed by atoms with E-state index in [-0.39, 0.29) is 0 Å². The number of fused-ring (bicyclic) bond motifs is 1. The van der Waals surface area contributed by atoms with Gasteiger partial charge in [0.2, 0.25) is 0 Å². The topological polar surface area (TPSA) is 60.2 Å². The molecule has 0 fully saturated rings. The van der Waals surface area contributed by atoms with E-state index in [9.17, 15) is 4.79 Å². The average Bonchev–Trinajstić information content (AvgIpc) is 2.79. The van der Waals surface area contributed by atoms with Crippen molar-refractivity contribution in [1.82, 2.24) is 0 Å². The van der Waals surface area contributed by atoms with Gasteiger partial charge in [0.15, 0.2) is 0 Å². The highest BCUT2D eigenvalue weighted by Crippen LogP contribution is 2.27. The molecule has 0 bridgehead atoms. The van der Waals surface area contributed by atoms with Crippen LogP contribution in [0.3, 0.4) is 0 Å². The van der Waals surface area contributed by atoms with Crippen LogP contribution in [0.5, 0.6) is 11.5 Å². The molecule has 0 saturated carbocycles. The Morgan fingerprint density at radius 3 is 2.13 bits per heavy atom. The third-order valence-corrected chi connectivity index (χ3v) is 4.70. The predicted octanol–water partition coefficient (Wildman–Crippen LogP) is 6.79. The summed E-state index contributed by atoms with van der Waals surface area (Å²) in [6, 6.07) is 26.2. The van der Waals surface area contributed by atoms with Crippen molar-refractivity contribution >= 4 is 28.1 Å². The van der Waals surface area contributed by atoms with Gasteiger partial charge in [-0.1, -0.05) is 30.3 Å². The fourth-order valence-corrected chi connectivity index (χ4v) is 3.05. The Morgan fingerprint density at radius 1 is 0.767 bits per heavy atom. The molecule has 0 radical (unpaired) electrons. The molecule has 4 rings (SSSR count). The molecule has 0 N–H and O–H groups in total. The van der Waals surface area contributed by atoms with Gasteiger partial charge in [-0.15, -0.1) is 0 Å². The molecule has 0 atom stereocenters. The molecule has 148 valence electrons. The first kappa shape index (κ1) is 19.3. The number of hydrogen-bond acceptors (Lipinski definition) is 5. The number of aryl methyl sites for hydroxylation is 1. The van der Waals surface area contributed by atoms with Crippen LogP contribution in [0.15, 0.2) is 95.2 Å². The molecule has 0 saturated heterocycles. The summed E-state index contributed by atoms with van der Waals surface area (Å²) < 4.78 is 10.6. The maximum Gasteiger partial charge on any atom is 0.343 e.